The number of benzene rings is 1. The summed E-state index contributed by atoms with van der Waals surface area (Å²) in [4.78, 5) is 11.9. The topological polar surface area (TPSA) is 17.1 Å². The van der Waals surface area contributed by atoms with Crippen molar-refractivity contribution in [2.24, 2.45) is 5.41 Å². The van der Waals surface area contributed by atoms with E-state index >= 15 is 0 Å². The maximum atomic E-state index is 11.9. The Bertz CT molecular complexity index is 461. The maximum absolute atomic E-state index is 11.9. The van der Waals surface area contributed by atoms with Crippen LogP contribution >= 0.6 is 0 Å². The highest BCUT2D eigenvalue weighted by Crippen LogP contribution is 2.31. The second kappa shape index (κ2) is 4.48. The highest BCUT2D eigenvalue weighted by atomic mass is 16.1. The largest absolute Gasteiger partial charge is 0.299 e. The maximum Gasteiger partial charge on any atom is 0.138 e. The Morgan fingerprint density at radius 2 is 1.94 bits per heavy atom. The number of allylic oxidation sites excluding steroid dienone is 2. The van der Waals surface area contributed by atoms with E-state index in [9.17, 15) is 4.79 Å². The van der Waals surface area contributed by atoms with Crippen molar-refractivity contribution in [1.29, 1.82) is 0 Å². The lowest BCUT2D eigenvalue weighted by molar-refractivity contribution is -0.126. The van der Waals surface area contributed by atoms with E-state index in [0.29, 0.717) is 12.2 Å². The van der Waals surface area contributed by atoms with Gasteiger partial charge in [0, 0.05) is 11.8 Å². The highest BCUT2D eigenvalue weighted by molar-refractivity contribution is 5.86. The molecule has 90 valence electrons. The number of fused-ring (bicyclic) bond motifs is 1. The number of Topliss-reactive ketones (excluding diaryl/α,β-unsaturated/α-hetero) is 1. The van der Waals surface area contributed by atoms with Gasteiger partial charge in [0.1, 0.15) is 5.78 Å². The lowest BCUT2D eigenvalue weighted by Gasteiger charge is -2.16. The molecule has 1 aliphatic carbocycles. The zero-order valence-corrected chi connectivity index (χ0v) is 10.9. The molecule has 1 nitrogen and oxygen atoms in total. The molecule has 0 radical (unpaired) electrons. The predicted octanol–water partition coefficient (Wildman–Crippen LogP) is 4.02. The fourth-order valence-electron chi connectivity index (χ4n) is 2.21. The Morgan fingerprint density at radius 1 is 1.24 bits per heavy atom. The molecule has 17 heavy (non-hydrogen) atoms. The van der Waals surface area contributed by atoms with Crippen molar-refractivity contribution >= 4 is 11.4 Å². The van der Waals surface area contributed by atoms with Gasteiger partial charge in [-0.15, -0.1) is 0 Å². The third-order valence-electron chi connectivity index (χ3n) is 3.39. The zero-order chi connectivity index (χ0) is 12.5. The Balaban J connectivity index is 2.01. The van der Waals surface area contributed by atoms with Gasteiger partial charge in [-0.25, -0.2) is 0 Å². The van der Waals surface area contributed by atoms with Crippen LogP contribution in [0.5, 0.6) is 0 Å². The molecule has 0 aliphatic heterocycles. The highest BCUT2D eigenvalue weighted by Gasteiger charge is 2.22. The number of ketones is 1. The van der Waals surface area contributed by atoms with E-state index in [1.54, 1.807) is 0 Å². The lowest BCUT2D eigenvalue weighted by Crippen LogP contribution is -2.19. The quantitative estimate of drug-likeness (QED) is 0.763. The number of carbonyl (C=O) groups is 1. The summed E-state index contributed by atoms with van der Waals surface area (Å²) in [7, 11) is 0. The van der Waals surface area contributed by atoms with Gasteiger partial charge in [0.15, 0.2) is 0 Å². The van der Waals surface area contributed by atoms with Gasteiger partial charge in [-0.1, -0.05) is 51.1 Å². The van der Waals surface area contributed by atoms with Crippen molar-refractivity contribution in [2.45, 2.75) is 40.0 Å². The van der Waals surface area contributed by atoms with Gasteiger partial charge >= 0.3 is 0 Å². The van der Waals surface area contributed by atoms with Gasteiger partial charge in [-0.05, 0) is 29.5 Å². The van der Waals surface area contributed by atoms with Gasteiger partial charge in [0.2, 0.25) is 0 Å². The summed E-state index contributed by atoms with van der Waals surface area (Å²) in [5, 5.41) is 0. The molecule has 0 atom stereocenters. The van der Waals surface area contributed by atoms with E-state index in [0.717, 1.165) is 12.8 Å². The zero-order valence-electron chi connectivity index (χ0n) is 10.9. The van der Waals surface area contributed by atoms with Crippen LogP contribution in [-0.4, -0.2) is 5.78 Å². The first-order valence-corrected chi connectivity index (χ1v) is 6.29. The molecule has 1 aromatic carbocycles. The number of hydrogen-bond acceptors (Lipinski definition) is 1. The summed E-state index contributed by atoms with van der Waals surface area (Å²) in [6.45, 7) is 5.98. The van der Waals surface area contributed by atoms with Crippen molar-refractivity contribution in [2.75, 3.05) is 0 Å². The van der Waals surface area contributed by atoms with E-state index in [1.807, 2.05) is 20.8 Å². The van der Waals surface area contributed by atoms with Crippen molar-refractivity contribution in [3.05, 3.63) is 41.5 Å². The Kier molecular flexibility index (Phi) is 3.19. The minimum absolute atomic E-state index is 0.210. The van der Waals surface area contributed by atoms with Crippen LogP contribution in [0, 0.1) is 5.41 Å². The first-order valence-electron chi connectivity index (χ1n) is 6.29. The van der Waals surface area contributed by atoms with Crippen LogP contribution in [0.1, 0.15) is 44.7 Å². The average molecular weight is 228 g/mol. The second-order valence-corrected chi connectivity index (χ2v) is 5.76. The minimum atomic E-state index is -0.210. The third kappa shape index (κ3) is 2.66. The van der Waals surface area contributed by atoms with Crippen molar-refractivity contribution in [1.82, 2.24) is 0 Å². The Hall–Kier alpha value is -1.37. The van der Waals surface area contributed by atoms with E-state index in [4.69, 9.17) is 0 Å². The monoisotopic (exact) mass is 228 g/mol. The molecule has 0 spiro atoms. The predicted molar refractivity (Wildman–Crippen MR) is 71.8 cm³/mol. The van der Waals surface area contributed by atoms with Gasteiger partial charge < -0.3 is 0 Å². The van der Waals surface area contributed by atoms with E-state index < -0.39 is 0 Å². The molecule has 0 bridgehead atoms. The molecule has 1 aromatic rings. The molecule has 0 unspecified atom stereocenters. The number of carbonyl (C=O) groups excluding carboxylic acids is 1. The van der Waals surface area contributed by atoms with Crippen molar-refractivity contribution < 1.29 is 4.79 Å². The van der Waals surface area contributed by atoms with Crippen LogP contribution in [0.4, 0.5) is 0 Å². The van der Waals surface area contributed by atoms with Gasteiger partial charge in [-0.3, -0.25) is 4.79 Å². The smallest absolute Gasteiger partial charge is 0.138 e. The van der Waals surface area contributed by atoms with Crippen LogP contribution in [0.3, 0.4) is 0 Å². The van der Waals surface area contributed by atoms with Crippen molar-refractivity contribution in [3.63, 3.8) is 0 Å². The lowest BCUT2D eigenvalue weighted by atomic mass is 9.87. The molecule has 0 aromatic heterocycles. The third-order valence-corrected chi connectivity index (χ3v) is 3.39. The van der Waals surface area contributed by atoms with Crippen LogP contribution in [0.15, 0.2) is 30.3 Å². The Labute approximate surface area is 104 Å². The van der Waals surface area contributed by atoms with Gasteiger partial charge in [-0.2, -0.15) is 0 Å². The van der Waals surface area contributed by atoms with Crippen molar-refractivity contribution in [3.8, 4) is 0 Å². The van der Waals surface area contributed by atoms with Crippen LogP contribution in [0.25, 0.3) is 5.57 Å². The van der Waals surface area contributed by atoms with Gasteiger partial charge in [0.25, 0.3) is 0 Å². The fraction of sp³-hybridized carbons (Fsp3) is 0.438. The second-order valence-electron chi connectivity index (χ2n) is 5.76. The summed E-state index contributed by atoms with van der Waals surface area (Å²) in [6, 6.07) is 8.49. The summed E-state index contributed by atoms with van der Waals surface area (Å²) >= 11 is 0. The molecule has 0 amide bonds. The van der Waals surface area contributed by atoms with Crippen LogP contribution in [-0.2, 0) is 11.2 Å². The SMILES string of the molecule is CC(C)(C)C(=O)CCC1=CCc2ccccc21. The van der Waals surface area contributed by atoms with E-state index in [1.165, 1.54) is 16.7 Å². The van der Waals surface area contributed by atoms with Crippen LogP contribution < -0.4 is 0 Å². The molecular formula is C16H20O. The molecule has 0 fully saturated rings. The average Bonchev–Trinajstić information content (AvgIpc) is 2.68. The molecule has 0 saturated carbocycles. The fourth-order valence-corrected chi connectivity index (χ4v) is 2.21. The molecule has 1 aliphatic rings. The van der Waals surface area contributed by atoms with Gasteiger partial charge in [0.05, 0.1) is 0 Å². The van der Waals surface area contributed by atoms with Crippen LogP contribution in [0.2, 0.25) is 0 Å². The normalized spacial score (nSPS) is 14.4. The molecule has 0 N–H and O–H groups in total. The molecule has 1 heteroatoms. The first kappa shape index (κ1) is 12.1. The first-order chi connectivity index (χ1) is 7.98. The Morgan fingerprint density at radius 3 is 2.65 bits per heavy atom. The number of hydrogen-bond donors (Lipinski definition) is 0. The minimum Gasteiger partial charge on any atom is -0.299 e. The standard InChI is InChI=1S/C16H20O/c1-16(2,3)15(17)11-10-13-9-8-12-6-4-5-7-14(12)13/h4-7,9H,8,10-11H2,1-3H3. The summed E-state index contributed by atoms with van der Waals surface area (Å²) in [5.41, 5.74) is 3.87. The molecule has 0 saturated heterocycles. The molecular weight excluding hydrogens is 208 g/mol. The van der Waals surface area contributed by atoms with E-state index in [-0.39, 0.29) is 5.41 Å². The molecule has 2 rings (SSSR count). The summed E-state index contributed by atoms with van der Waals surface area (Å²) < 4.78 is 0. The van der Waals surface area contributed by atoms with E-state index in [2.05, 4.69) is 30.3 Å². The molecule has 0 heterocycles. The number of rotatable bonds is 3. The summed E-state index contributed by atoms with van der Waals surface area (Å²) in [6.07, 6.45) is 4.83. The summed E-state index contributed by atoms with van der Waals surface area (Å²) in [5.74, 6) is 0.350.